The van der Waals surface area contributed by atoms with Gasteiger partial charge in [-0.15, -0.1) is 0 Å². The first-order chi connectivity index (χ1) is 13.2. The van der Waals surface area contributed by atoms with Gasteiger partial charge >= 0.3 is 6.03 Å². The molecule has 2 aromatic rings. The molecule has 27 heavy (non-hydrogen) atoms. The normalized spacial score (nSPS) is 28.1. The molecule has 1 aliphatic carbocycles. The molecule has 3 heterocycles. The first-order valence-corrected chi connectivity index (χ1v) is 10.1. The molecule has 2 amide bonds. The molecule has 0 bridgehead atoms. The Morgan fingerprint density at radius 2 is 2.00 bits per heavy atom. The van der Waals surface area contributed by atoms with Crippen LogP contribution in [0, 0.1) is 5.92 Å². The Balaban J connectivity index is 1.37. The van der Waals surface area contributed by atoms with E-state index in [0.717, 1.165) is 57.7 Å². The zero-order valence-corrected chi connectivity index (χ0v) is 15.6. The Hall–Kier alpha value is -2.27. The van der Waals surface area contributed by atoms with Crippen molar-refractivity contribution in [1.29, 1.82) is 0 Å². The molecule has 2 atom stereocenters. The smallest absolute Gasteiger partial charge is 0.317 e. The highest BCUT2D eigenvalue weighted by Crippen LogP contribution is 2.45. The molecule has 5 nitrogen and oxygen atoms in total. The molecule has 1 aromatic carbocycles. The lowest BCUT2D eigenvalue weighted by Gasteiger charge is -2.44. The maximum atomic E-state index is 12.6. The molecule has 1 saturated carbocycles. The van der Waals surface area contributed by atoms with Gasteiger partial charge in [0.05, 0.1) is 12.8 Å². The summed E-state index contributed by atoms with van der Waals surface area (Å²) in [6.07, 6.45) is 5.03. The number of hydrogen-bond donors (Lipinski definition) is 1. The number of carbonyl (C=O) groups excluding carboxylic acids is 1. The van der Waals surface area contributed by atoms with Gasteiger partial charge in [0.2, 0.25) is 0 Å². The summed E-state index contributed by atoms with van der Waals surface area (Å²) in [5, 5.41) is 3.16. The minimum atomic E-state index is 0.128. The van der Waals surface area contributed by atoms with Crippen molar-refractivity contribution in [2.75, 3.05) is 26.2 Å². The van der Waals surface area contributed by atoms with Crippen LogP contribution in [0.15, 0.2) is 53.1 Å². The van der Waals surface area contributed by atoms with Gasteiger partial charge in [-0.05, 0) is 37.0 Å². The van der Waals surface area contributed by atoms with Crippen molar-refractivity contribution in [3.63, 3.8) is 0 Å². The lowest BCUT2D eigenvalue weighted by Crippen LogP contribution is -2.53. The van der Waals surface area contributed by atoms with Crippen LogP contribution in [0.3, 0.4) is 0 Å². The fourth-order valence-electron chi connectivity index (χ4n) is 4.95. The highest BCUT2D eigenvalue weighted by molar-refractivity contribution is 5.75. The standard InChI is InChI=1S/C22H27N3O2/c26-21(23-19-8-9-19)25-11-10-22(17-5-2-1-3-6-17)16-24(13-18(22)14-25)15-20-7-4-12-27-20/h1-7,12,18-19H,8-11,13-16H2,(H,23,26). The van der Waals surface area contributed by atoms with Gasteiger partial charge in [-0.2, -0.15) is 0 Å². The average molecular weight is 365 g/mol. The van der Waals surface area contributed by atoms with E-state index in [1.165, 1.54) is 5.56 Å². The third-order valence-electron chi connectivity index (χ3n) is 6.53. The van der Waals surface area contributed by atoms with Crippen LogP contribution >= 0.6 is 0 Å². The largest absolute Gasteiger partial charge is 0.468 e. The number of furan rings is 1. The number of rotatable bonds is 4. The second-order valence-corrected chi connectivity index (χ2v) is 8.39. The molecular formula is C22H27N3O2. The van der Waals surface area contributed by atoms with Gasteiger partial charge in [-0.25, -0.2) is 4.79 Å². The van der Waals surface area contributed by atoms with Gasteiger partial charge in [0.15, 0.2) is 0 Å². The van der Waals surface area contributed by atoms with Gasteiger partial charge in [-0.3, -0.25) is 4.90 Å². The number of piperidine rings is 1. The zero-order chi connectivity index (χ0) is 18.3. The van der Waals surface area contributed by atoms with E-state index in [2.05, 4.69) is 40.5 Å². The van der Waals surface area contributed by atoms with Crippen LogP contribution in [-0.2, 0) is 12.0 Å². The van der Waals surface area contributed by atoms with E-state index in [0.29, 0.717) is 12.0 Å². The Morgan fingerprint density at radius 3 is 2.74 bits per heavy atom. The maximum absolute atomic E-state index is 12.6. The van der Waals surface area contributed by atoms with Crippen molar-refractivity contribution < 1.29 is 9.21 Å². The van der Waals surface area contributed by atoms with Crippen LogP contribution in [0.4, 0.5) is 4.79 Å². The van der Waals surface area contributed by atoms with Crippen molar-refractivity contribution >= 4 is 6.03 Å². The van der Waals surface area contributed by atoms with Gasteiger partial charge in [0.25, 0.3) is 0 Å². The number of hydrogen-bond acceptors (Lipinski definition) is 3. The van der Waals surface area contributed by atoms with Crippen molar-refractivity contribution in [2.45, 2.75) is 37.3 Å². The molecule has 0 spiro atoms. The zero-order valence-electron chi connectivity index (χ0n) is 15.6. The summed E-state index contributed by atoms with van der Waals surface area (Å²) in [5.74, 6) is 1.47. The highest BCUT2D eigenvalue weighted by atomic mass is 16.3. The van der Waals surface area contributed by atoms with Crippen LogP contribution < -0.4 is 5.32 Å². The number of nitrogens with one attached hydrogen (secondary N) is 1. The maximum Gasteiger partial charge on any atom is 0.317 e. The number of nitrogens with zero attached hydrogens (tertiary/aromatic N) is 2. The van der Waals surface area contributed by atoms with E-state index in [9.17, 15) is 4.79 Å². The van der Waals surface area contributed by atoms with E-state index in [1.54, 1.807) is 6.26 Å². The van der Waals surface area contributed by atoms with Gasteiger partial charge in [-0.1, -0.05) is 30.3 Å². The first-order valence-electron chi connectivity index (χ1n) is 10.1. The monoisotopic (exact) mass is 365 g/mol. The van der Waals surface area contributed by atoms with Crippen LogP contribution in [0.2, 0.25) is 0 Å². The van der Waals surface area contributed by atoms with E-state index >= 15 is 0 Å². The molecule has 3 aliphatic rings. The molecular weight excluding hydrogens is 338 g/mol. The molecule has 142 valence electrons. The summed E-state index contributed by atoms with van der Waals surface area (Å²) < 4.78 is 5.58. The Morgan fingerprint density at radius 1 is 1.15 bits per heavy atom. The molecule has 2 saturated heterocycles. The van der Waals surface area contributed by atoms with E-state index in [-0.39, 0.29) is 11.4 Å². The number of urea groups is 1. The number of carbonyl (C=O) groups is 1. The summed E-state index contributed by atoms with van der Waals surface area (Å²) in [5.41, 5.74) is 1.55. The fourth-order valence-corrected chi connectivity index (χ4v) is 4.95. The minimum Gasteiger partial charge on any atom is -0.468 e. The molecule has 2 unspecified atom stereocenters. The predicted octanol–water partition coefficient (Wildman–Crippen LogP) is 3.23. The van der Waals surface area contributed by atoms with Crippen molar-refractivity contribution in [1.82, 2.24) is 15.1 Å². The first kappa shape index (κ1) is 16.9. The van der Waals surface area contributed by atoms with Crippen LogP contribution in [0.1, 0.15) is 30.6 Å². The van der Waals surface area contributed by atoms with Gasteiger partial charge in [0, 0.05) is 43.6 Å². The summed E-state index contributed by atoms with van der Waals surface area (Å²) in [4.78, 5) is 17.1. The quantitative estimate of drug-likeness (QED) is 0.905. The van der Waals surface area contributed by atoms with Crippen molar-refractivity contribution in [2.24, 2.45) is 5.92 Å². The third-order valence-corrected chi connectivity index (χ3v) is 6.53. The molecule has 3 fully saturated rings. The molecule has 5 rings (SSSR count). The van der Waals surface area contributed by atoms with E-state index < -0.39 is 0 Å². The van der Waals surface area contributed by atoms with E-state index in [4.69, 9.17) is 4.42 Å². The minimum absolute atomic E-state index is 0.128. The molecule has 2 aliphatic heterocycles. The van der Waals surface area contributed by atoms with Crippen LogP contribution in [0.25, 0.3) is 0 Å². The highest BCUT2D eigenvalue weighted by Gasteiger charge is 2.51. The second kappa shape index (κ2) is 6.71. The second-order valence-electron chi connectivity index (χ2n) is 8.39. The lowest BCUT2D eigenvalue weighted by atomic mass is 9.68. The van der Waals surface area contributed by atoms with Gasteiger partial charge < -0.3 is 14.6 Å². The Bertz CT molecular complexity index is 787. The van der Waals surface area contributed by atoms with Crippen molar-refractivity contribution in [3.05, 3.63) is 60.1 Å². The summed E-state index contributed by atoms with van der Waals surface area (Å²) in [6.45, 7) is 4.54. The molecule has 0 radical (unpaired) electrons. The average Bonchev–Trinajstić information content (AvgIpc) is 3.21. The number of fused-ring (bicyclic) bond motifs is 1. The summed E-state index contributed by atoms with van der Waals surface area (Å²) >= 11 is 0. The molecule has 5 heteroatoms. The topological polar surface area (TPSA) is 48.7 Å². The van der Waals surface area contributed by atoms with Crippen LogP contribution in [-0.4, -0.2) is 48.1 Å². The summed E-state index contributed by atoms with van der Waals surface area (Å²) in [7, 11) is 0. The number of likely N-dealkylation sites (tertiary alicyclic amines) is 2. The predicted molar refractivity (Wildman–Crippen MR) is 103 cm³/mol. The van der Waals surface area contributed by atoms with Crippen molar-refractivity contribution in [3.8, 4) is 0 Å². The Labute approximate surface area is 160 Å². The molecule has 1 N–H and O–H groups in total. The lowest BCUT2D eigenvalue weighted by molar-refractivity contribution is 0.133. The third kappa shape index (κ3) is 3.25. The number of benzene rings is 1. The van der Waals surface area contributed by atoms with Crippen LogP contribution in [0.5, 0.6) is 0 Å². The molecule has 1 aromatic heterocycles. The fraction of sp³-hybridized carbons (Fsp3) is 0.500. The Kier molecular flexibility index (Phi) is 4.20. The number of amides is 2. The SMILES string of the molecule is O=C(NC1CC1)N1CCC2(c3ccccc3)CN(Cc3ccco3)CC2C1. The van der Waals surface area contributed by atoms with E-state index in [1.807, 2.05) is 17.0 Å². The summed E-state index contributed by atoms with van der Waals surface area (Å²) in [6, 6.07) is 15.4. The van der Waals surface area contributed by atoms with Gasteiger partial charge in [0.1, 0.15) is 5.76 Å².